The van der Waals surface area contributed by atoms with Gasteiger partial charge >= 0.3 is 6.18 Å². The summed E-state index contributed by atoms with van der Waals surface area (Å²) >= 11 is 0. The molecule has 0 aromatic heterocycles. The third-order valence-corrected chi connectivity index (χ3v) is 3.52. The predicted octanol–water partition coefficient (Wildman–Crippen LogP) is 3.34. The maximum absolute atomic E-state index is 12.4. The average Bonchev–Trinajstić information content (AvgIpc) is 2.74. The van der Waals surface area contributed by atoms with Crippen molar-refractivity contribution >= 4 is 11.6 Å². The lowest BCUT2D eigenvalue weighted by atomic mass is 9.97. The van der Waals surface area contributed by atoms with Gasteiger partial charge in [0, 0.05) is 5.69 Å². The summed E-state index contributed by atoms with van der Waals surface area (Å²) in [5, 5.41) is 12.6. The van der Waals surface area contributed by atoms with Crippen LogP contribution in [0.25, 0.3) is 0 Å². The van der Waals surface area contributed by atoms with Gasteiger partial charge in [-0.2, -0.15) is 13.2 Å². The highest BCUT2D eigenvalue weighted by Gasteiger charge is 2.33. The van der Waals surface area contributed by atoms with Crippen molar-refractivity contribution in [3.63, 3.8) is 0 Å². The van der Waals surface area contributed by atoms with Gasteiger partial charge in [0.15, 0.2) is 0 Å². The number of aliphatic hydroxyl groups is 1. The van der Waals surface area contributed by atoms with E-state index in [1.165, 1.54) is 12.1 Å². The van der Waals surface area contributed by atoms with Crippen LogP contribution < -0.4 is 5.32 Å². The molecule has 2 rings (SSSR count). The summed E-state index contributed by atoms with van der Waals surface area (Å²) in [6.07, 6.45) is -1.44. The van der Waals surface area contributed by atoms with E-state index in [4.69, 9.17) is 0 Å². The van der Waals surface area contributed by atoms with Crippen LogP contribution in [0, 0.1) is 0 Å². The number of carbonyl (C=O) groups excluding carboxylic acids is 1. The Hall–Kier alpha value is -1.56. The Morgan fingerprint density at radius 3 is 2.25 bits per heavy atom. The number of amides is 1. The largest absolute Gasteiger partial charge is 0.416 e. The first-order chi connectivity index (χ1) is 9.28. The summed E-state index contributed by atoms with van der Waals surface area (Å²) in [6, 6.07) is 4.25. The summed E-state index contributed by atoms with van der Waals surface area (Å²) in [4.78, 5) is 11.8. The van der Waals surface area contributed by atoms with Crippen molar-refractivity contribution < 1.29 is 23.1 Å². The van der Waals surface area contributed by atoms with E-state index in [1.807, 2.05) is 0 Å². The summed E-state index contributed by atoms with van der Waals surface area (Å²) < 4.78 is 37.1. The quantitative estimate of drug-likeness (QED) is 0.895. The van der Waals surface area contributed by atoms with Gasteiger partial charge in [0.05, 0.1) is 17.6 Å². The van der Waals surface area contributed by atoms with Crippen molar-refractivity contribution in [3.8, 4) is 0 Å². The molecule has 0 bridgehead atoms. The zero-order chi connectivity index (χ0) is 14.8. The molecule has 1 saturated carbocycles. The molecule has 1 aliphatic rings. The van der Waals surface area contributed by atoms with Crippen LogP contribution in [-0.4, -0.2) is 16.6 Å². The van der Waals surface area contributed by atoms with Crippen molar-refractivity contribution in [1.29, 1.82) is 0 Å². The van der Waals surface area contributed by atoms with Crippen LogP contribution in [0.3, 0.4) is 0 Å². The summed E-state index contributed by atoms with van der Waals surface area (Å²) in [6.45, 7) is 0. The van der Waals surface area contributed by atoms with Crippen LogP contribution in [0.2, 0.25) is 0 Å². The molecule has 0 radical (unpaired) electrons. The Bertz CT molecular complexity index is 476. The van der Waals surface area contributed by atoms with Crippen molar-refractivity contribution in [3.05, 3.63) is 29.8 Å². The summed E-state index contributed by atoms with van der Waals surface area (Å²) in [7, 11) is 0. The molecule has 3 nitrogen and oxygen atoms in total. The van der Waals surface area contributed by atoms with E-state index < -0.39 is 17.3 Å². The molecule has 0 atom stereocenters. The van der Waals surface area contributed by atoms with Crippen LogP contribution in [-0.2, 0) is 11.0 Å². The highest BCUT2D eigenvalue weighted by Crippen LogP contribution is 2.33. The van der Waals surface area contributed by atoms with Crippen molar-refractivity contribution in [2.75, 3.05) is 5.32 Å². The van der Waals surface area contributed by atoms with Gasteiger partial charge in [0.2, 0.25) is 5.91 Å². The molecule has 1 aromatic rings. The van der Waals surface area contributed by atoms with Gasteiger partial charge in [-0.1, -0.05) is 12.8 Å². The number of alkyl halides is 3. The van der Waals surface area contributed by atoms with Gasteiger partial charge in [-0.25, -0.2) is 0 Å². The monoisotopic (exact) mass is 287 g/mol. The fourth-order valence-electron chi connectivity index (χ4n) is 2.46. The van der Waals surface area contributed by atoms with E-state index in [2.05, 4.69) is 5.32 Å². The molecule has 0 spiro atoms. The zero-order valence-corrected chi connectivity index (χ0v) is 10.8. The molecule has 6 heteroatoms. The second-order valence-electron chi connectivity index (χ2n) is 5.23. The Labute approximate surface area is 114 Å². The second kappa shape index (κ2) is 5.44. The molecule has 0 saturated heterocycles. The predicted molar refractivity (Wildman–Crippen MR) is 68.1 cm³/mol. The molecule has 0 aliphatic heterocycles. The Morgan fingerprint density at radius 2 is 1.75 bits per heavy atom. The molecule has 110 valence electrons. The molecular formula is C14H16F3NO2. The number of nitrogens with one attached hydrogen (secondary N) is 1. The van der Waals surface area contributed by atoms with Crippen molar-refractivity contribution in [1.82, 2.24) is 0 Å². The Morgan fingerprint density at radius 1 is 1.20 bits per heavy atom. The SMILES string of the molecule is O=C(CC1(O)CCCC1)Nc1ccc(C(F)(F)F)cc1. The van der Waals surface area contributed by atoms with Gasteiger partial charge in [-0.3, -0.25) is 4.79 Å². The maximum atomic E-state index is 12.4. The van der Waals surface area contributed by atoms with Crippen LogP contribution in [0.1, 0.15) is 37.7 Å². The molecule has 0 heterocycles. The van der Waals surface area contributed by atoms with E-state index >= 15 is 0 Å². The average molecular weight is 287 g/mol. The number of halogens is 3. The Kier molecular flexibility index (Phi) is 4.04. The number of hydrogen-bond donors (Lipinski definition) is 2. The molecule has 1 fully saturated rings. The van der Waals surface area contributed by atoms with Crippen molar-refractivity contribution in [2.24, 2.45) is 0 Å². The minimum atomic E-state index is -4.39. The van der Waals surface area contributed by atoms with Crippen molar-refractivity contribution in [2.45, 2.75) is 43.9 Å². The molecular weight excluding hydrogens is 271 g/mol. The van der Waals surface area contributed by atoms with E-state index in [9.17, 15) is 23.1 Å². The molecule has 1 aromatic carbocycles. The van der Waals surface area contributed by atoms with E-state index in [1.54, 1.807) is 0 Å². The van der Waals surface area contributed by atoms with E-state index in [0.717, 1.165) is 25.0 Å². The van der Waals surface area contributed by atoms with Crippen LogP contribution >= 0.6 is 0 Å². The first-order valence-electron chi connectivity index (χ1n) is 6.48. The third kappa shape index (κ3) is 3.72. The third-order valence-electron chi connectivity index (χ3n) is 3.52. The second-order valence-corrected chi connectivity index (χ2v) is 5.23. The van der Waals surface area contributed by atoms with Gasteiger partial charge in [0.1, 0.15) is 0 Å². The molecule has 1 amide bonds. The highest BCUT2D eigenvalue weighted by molar-refractivity contribution is 5.91. The van der Waals surface area contributed by atoms with Gasteiger partial charge in [0.25, 0.3) is 0 Å². The van der Waals surface area contributed by atoms with E-state index in [0.29, 0.717) is 18.5 Å². The number of hydrogen-bond acceptors (Lipinski definition) is 2. The summed E-state index contributed by atoms with van der Waals surface area (Å²) in [5.41, 5.74) is -1.43. The lowest BCUT2D eigenvalue weighted by molar-refractivity contribution is -0.137. The number of benzene rings is 1. The van der Waals surface area contributed by atoms with Crippen LogP contribution in [0.15, 0.2) is 24.3 Å². The zero-order valence-electron chi connectivity index (χ0n) is 10.8. The normalized spacial score (nSPS) is 18.0. The first kappa shape index (κ1) is 14.8. The fraction of sp³-hybridized carbons (Fsp3) is 0.500. The highest BCUT2D eigenvalue weighted by atomic mass is 19.4. The van der Waals surface area contributed by atoms with E-state index in [-0.39, 0.29) is 12.3 Å². The number of carbonyl (C=O) groups is 1. The van der Waals surface area contributed by atoms with Gasteiger partial charge in [-0.15, -0.1) is 0 Å². The lowest BCUT2D eigenvalue weighted by Crippen LogP contribution is -2.30. The smallest absolute Gasteiger partial charge is 0.389 e. The summed E-state index contributed by atoms with van der Waals surface area (Å²) in [5.74, 6) is -0.380. The van der Waals surface area contributed by atoms with Crippen LogP contribution in [0.4, 0.5) is 18.9 Å². The maximum Gasteiger partial charge on any atom is 0.416 e. The lowest BCUT2D eigenvalue weighted by Gasteiger charge is -2.21. The fourth-order valence-corrected chi connectivity index (χ4v) is 2.46. The molecule has 20 heavy (non-hydrogen) atoms. The number of rotatable bonds is 3. The standard InChI is InChI=1S/C14H16F3NO2/c15-14(16,17)10-3-5-11(6-4-10)18-12(19)9-13(20)7-1-2-8-13/h3-6,20H,1-2,7-9H2,(H,18,19). The number of anilines is 1. The van der Waals surface area contributed by atoms with Crippen LogP contribution in [0.5, 0.6) is 0 Å². The van der Waals surface area contributed by atoms with Gasteiger partial charge in [-0.05, 0) is 37.1 Å². The van der Waals surface area contributed by atoms with Gasteiger partial charge < -0.3 is 10.4 Å². The minimum absolute atomic E-state index is 0.0198. The minimum Gasteiger partial charge on any atom is -0.389 e. The first-order valence-corrected chi connectivity index (χ1v) is 6.48. The topological polar surface area (TPSA) is 49.3 Å². The molecule has 1 aliphatic carbocycles. The molecule has 2 N–H and O–H groups in total. The Balaban J connectivity index is 1.94. The molecule has 0 unspecified atom stereocenters.